The molecule has 13 heavy (non-hydrogen) atoms. The van der Waals surface area contributed by atoms with E-state index < -0.39 is 10.2 Å². The van der Waals surface area contributed by atoms with Crippen LogP contribution in [0.5, 0.6) is 0 Å². The van der Waals surface area contributed by atoms with Gasteiger partial charge >= 0.3 is 0 Å². The minimum absolute atomic E-state index is 0.0255. The molecular weight excluding hydrogens is 234 g/mol. The average molecular weight is 246 g/mol. The maximum Gasteiger partial charge on any atom is 0.274 e. The maximum atomic E-state index is 10.6. The third-order valence-corrected chi connectivity index (χ3v) is 3.20. The standard InChI is InChI=1S/C5H12ClN3O2S2/c6-9-3-5(12)1-4(9)2-8-13(7,10)11/h4-5,8,12H,1-3H2,(H2,7,10,11)/t4-,5-/m0/s1. The number of hydrogen-bond acceptors (Lipinski definition) is 4. The Hall–Kier alpha value is 0.470. The van der Waals surface area contributed by atoms with Crippen molar-refractivity contribution >= 4 is 34.6 Å². The van der Waals surface area contributed by atoms with Crippen LogP contribution in [-0.4, -0.2) is 37.2 Å². The van der Waals surface area contributed by atoms with Crippen LogP contribution in [-0.2, 0) is 10.2 Å². The first-order valence-corrected chi connectivity index (χ1v) is 6.16. The predicted molar refractivity (Wildman–Crippen MR) is 54.8 cm³/mol. The van der Waals surface area contributed by atoms with Gasteiger partial charge in [-0.05, 0) is 18.2 Å². The lowest BCUT2D eigenvalue weighted by Gasteiger charge is -2.15. The summed E-state index contributed by atoms with van der Waals surface area (Å²) in [5, 5.41) is 4.97. The Balaban J connectivity index is 2.38. The highest BCUT2D eigenvalue weighted by Crippen LogP contribution is 2.22. The molecule has 0 spiro atoms. The Morgan fingerprint density at radius 3 is 2.69 bits per heavy atom. The Bertz CT molecular complexity index is 271. The fraction of sp³-hybridized carbons (Fsp3) is 1.00. The number of thiol groups is 1. The van der Waals surface area contributed by atoms with Crippen molar-refractivity contribution in [2.75, 3.05) is 13.1 Å². The molecular formula is C5H12ClN3O2S2. The molecule has 0 radical (unpaired) electrons. The Kier molecular flexibility index (Phi) is 3.84. The van der Waals surface area contributed by atoms with Crippen molar-refractivity contribution < 1.29 is 8.42 Å². The number of rotatable bonds is 3. The van der Waals surface area contributed by atoms with Gasteiger partial charge in [-0.1, -0.05) is 0 Å². The second kappa shape index (κ2) is 4.33. The summed E-state index contributed by atoms with van der Waals surface area (Å²) in [5.74, 6) is 0. The van der Waals surface area contributed by atoms with Gasteiger partial charge in [-0.2, -0.15) is 21.0 Å². The molecule has 0 unspecified atom stereocenters. The summed E-state index contributed by atoms with van der Waals surface area (Å²) >= 11 is 10.1. The molecule has 5 nitrogen and oxygen atoms in total. The summed E-state index contributed by atoms with van der Waals surface area (Å²) in [6.45, 7) is 0.890. The summed E-state index contributed by atoms with van der Waals surface area (Å²) in [4.78, 5) is 0. The van der Waals surface area contributed by atoms with Crippen LogP contribution in [0, 0.1) is 0 Å². The zero-order chi connectivity index (χ0) is 10.1. The summed E-state index contributed by atoms with van der Waals surface area (Å²) in [7, 11) is -3.61. The highest BCUT2D eigenvalue weighted by molar-refractivity contribution is 7.87. The van der Waals surface area contributed by atoms with Crippen LogP contribution < -0.4 is 9.86 Å². The van der Waals surface area contributed by atoms with E-state index in [1.165, 1.54) is 0 Å². The molecule has 1 aliphatic rings. The molecule has 0 aromatic carbocycles. The minimum atomic E-state index is -3.61. The van der Waals surface area contributed by atoms with Gasteiger partial charge in [0.2, 0.25) is 0 Å². The zero-order valence-corrected chi connectivity index (χ0v) is 9.32. The van der Waals surface area contributed by atoms with E-state index in [9.17, 15) is 8.42 Å². The van der Waals surface area contributed by atoms with E-state index in [1.807, 2.05) is 0 Å². The molecule has 0 aromatic rings. The summed E-state index contributed by atoms with van der Waals surface area (Å²) in [5.41, 5.74) is 0. The molecule has 0 amide bonds. The van der Waals surface area contributed by atoms with E-state index in [-0.39, 0.29) is 17.8 Å². The largest absolute Gasteiger partial charge is 0.274 e. The lowest BCUT2D eigenvalue weighted by atomic mass is 10.2. The van der Waals surface area contributed by atoms with Crippen LogP contribution in [0.25, 0.3) is 0 Å². The lowest BCUT2D eigenvalue weighted by Crippen LogP contribution is -2.39. The number of nitrogens with one attached hydrogen (secondary N) is 1. The van der Waals surface area contributed by atoms with E-state index in [4.69, 9.17) is 16.9 Å². The maximum absolute atomic E-state index is 10.6. The molecule has 0 aliphatic carbocycles. The van der Waals surface area contributed by atoms with Gasteiger partial charge in [-0.15, -0.1) is 0 Å². The number of nitrogens with two attached hydrogens (primary N) is 1. The molecule has 1 saturated heterocycles. The van der Waals surface area contributed by atoms with Gasteiger partial charge in [0.1, 0.15) is 0 Å². The SMILES string of the molecule is NS(=O)(=O)NC[C@@H]1C[C@H](S)CN1Cl. The molecule has 0 saturated carbocycles. The van der Waals surface area contributed by atoms with Gasteiger partial charge in [0, 0.05) is 24.4 Å². The van der Waals surface area contributed by atoms with Crippen molar-refractivity contribution in [2.45, 2.75) is 17.7 Å². The molecule has 2 atom stereocenters. The van der Waals surface area contributed by atoms with Gasteiger partial charge in [0.05, 0.1) is 0 Å². The van der Waals surface area contributed by atoms with Gasteiger partial charge in [0.15, 0.2) is 0 Å². The van der Waals surface area contributed by atoms with Crippen molar-refractivity contribution in [2.24, 2.45) is 5.14 Å². The first kappa shape index (κ1) is 11.5. The Labute approximate surface area is 88.3 Å². The fourth-order valence-corrected chi connectivity index (χ4v) is 2.50. The number of nitrogens with zero attached hydrogens (tertiary/aromatic N) is 1. The van der Waals surface area contributed by atoms with E-state index in [0.29, 0.717) is 6.54 Å². The van der Waals surface area contributed by atoms with Crippen LogP contribution in [0.1, 0.15) is 6.42 Å². The zero-order valence-electron chi connectivity index (χ0n) is 6.85. The lowest BCUT2D eigenvalue weighted by molar-refractivity contribution is 0.417. The normalized spacial score (nSPS) is 31.0. The van der Waals surface area contributed by atoms with E-state index in [1.54, 1.807) is 4.42 Å². The third kappa shape index (κ3) is 4.01. The van der Waals surface area contributed by atoms with Crippen LogP contribution in [0.2, 0.25) is 0 Å². The summed E-state index contributed by atoms with van der Waals surface area (Å²) in [6, 6.07) is -0.0255. The van der Waals surface area contributed by atoms with Crippen LogP contribution in [0.3, 0.4) is 0 Å². The number of halogens is 1. The Morgan fingerprint density at radius 2 is 2.31 bits per heavy atom. The van der Waals surface area contributed by atoms with Crippen LogP contribution in [0.4, 0.5) is 0 Å². The topological polar surface area (TPSA) is 75.4 Å². The second-order valence-corrected chi connectivity index (χ2v) is 5.56. The molecule has 3 N–H and O–H groups in total. The number of hydrogen-bond donors (Lipinski definition) is 3. The molecule has 1 fully saturated rings. The molecule has 1 aliphatic heterocycles. The average Bonchev–Trinajstić information content (AvgIpc) is 2.24. The molecule has 0 aromatic heterocycles. The molecule has 1 heterocycles. The molecule has 8 heteroatoms. The quantitative estimate of drug-likeness (QED) is 0.455. The van der Waals surface area contributed by atoms with E-state index in [2.05, 4.69) is 17.4 Å². The van der Waals surface area contributed by atoms with Crippen LogP contribution in [0.15, 0.2) is 0 Å². The fourth-order valence-electron chi connectivity index (χ4n) is 1.25. The van der Waals surface area contributed by atoms with Crippen LogP contribution >= 0.6 is 24.4 Å². The van der Waals surface area contributed by atoms with Gasteiger partial charge in [-0.25, -0.2) is 14.3 Å². The monoisotopic (exact) mass is 245 g/mol. The van der Waals surface area contributed by atoms with Crippen molar-refractivity contribution in [3.8, 4) is 0 Å². The first-order chi connectivity index (χ1) is 5.88. The van der Waals surface area contributed by atoms with Crippen molar-refractivity contribution in [3.63, 3.8) is 0 Å². The highest BCUT2D eigenvalue weighted by atomic mass is 35.5. The van der Waals surface area contributed by atoms with Gasteiger partial charge < -0.3 is 0 Å². The van der Waals surface area contributed by atoms with Gasteiger partial charge in [-0.3, -0.25) is 0 Å². The molecule has 0 bridgehead atoms. The Morgan fingerprint density at radius 1 is 1.69 bits per heavy atom. The molecule has 1 rings (SSSR count). The van der Waals surface area contributed by atoms with Crippen molar-refractivity contribution in [3.05, 3.63) is 0 Å². The third-order valence-electron chi connectivity index (χ3n) is 1.85. The first-order valence-electron chi connectivity index (χ1n) is 3.76. The smallest absolute Gasteiger partial charge is 0.216 e. The van der Waals surface area contributed by atoms with E-state index in [0.717, 1.165) is 6.42 Å². The predicted octanol–water partition coefficient (Wildman–Crippen LogP) is -0.694. The minimum Gasteiger partial charge on any atom is -0.216 e. The molecule has 78 valence electrons. The second-order valence-electron chi connectivity index (χ2n) is 3.02. The van der Waals surface area contributed by atoms with Crippen molar-refractivity contribution in [1.29, 1.82) is 0 Å². The highest BCUT2D eigenvalue weighted by Gasteiger charge is 2.29. The summed E-state index contributed by atoms with van der Waals surface area (Å²) < 4.78 is 24.9. The van der Waals surface area contributed by atoms with E-state index >= 15 is 0 Å². The van der Waals surface area contributed by atoms with Crippen molar-refractivity contribution in [1.82, 2.24) is 9.14 Å². The van der Waals surface area contributed by atoms with Gasteiger partial charge in [0.25, 0.3) is 10.2 Å². The summed E-state index contributed by atoms with van der Waals surface area (Å²) in [6.07, 6.45) is 0.759.